The van der Waals surface area contributed by atoms with Crippen molar-refractivity contribution in [2.24, 2.45) is 5.92 Å². The number of piperazine rings is 1. The molecule has 382 valence electrons. The monoisotopic (exact) mass is 995 g/mol. The Morgan fingerprint density at radius 2 is 1.48 bits per heavy atom. The highest BCUT2D eigenvalue weighted by atomic mass is 33.1. The Morgan fingerprint density at radius 1 is 0.826 bits per heavy atom. The molecular weight excluding hydrogens is 917 g/mol. The lowest BCUT2D eigenvalue weighted by Gasteiger charge is -2.35. The molecule has 3 N–H and O–H groups in total. The summed E-state index contributed by atoms with van der Waals surface area (Å²) in [6.45, 7) is 18.9. The van der Waals surface area contributed by atoms with Gasteiger partial charge in [0.1, 0.15) is 6.10 Å². The van der Waals surface area contributed by atoms with Crippen LogP contribution in [0.2, 0.25) is 0 Å². The number of ether oxygens (including phenoxy) is 4. The molecule has 0 aromatic heterocycles. The van der Waals surface area contributed by atoms with Gasteiger partial charge in [-0.15, -0.1) is 0 Å². The van der Waals surface area contributed by atoms with Gasteiger partial charge in [0.05, 0.1) is 39.0 Å². The second kappa shape index (κ2) is 34.3. The zero-order valence-electron chi connectivity index (χ0n) is 41.4. The second-order valence-corrected chi connectivity index (χ2v) is 20.1. The lowest BCUT2D eigenvalue weighted by atomic mass is 9.96. The van der Waals surface area contributed by atoms with Crippen molar-refractivity contribution in [2.45, 2.75) is 102 Å². The molecule has 69 heavy (non-hydrogen) atoms. The van der Waals surface area contributed by atoms with Crippen LogP contribution in [0.5, 0.6) is 0 Å². The molecule has 5 amide bonds. The van der Waals surface area contributed by atoms with Crippen molar-refractivity contribution in [1.29, 1.82) is 0 Å². The first kappa shape index (κ1) is 57.5. The highest BCUT2D eigenvalue weighted by Crippen LogP contribution is 2.44. The number of nitrogens with zero attached hydrogens (tertiary/aromatic N) is 3. The first-order valence-electron chi connectivity index (χ1n) is 24.8. The quantitative estimate of drug-likeness (QED) is 0.0235. The van der Waals surface area contributed by atoms with Gasteiger partial charge in [-0.05, 0) is 93.3 Å². The van der Waals surface area contributed by atoms with Crippen molar-refractivity contribution >= 4 is 51.6 Å². The fourth-order valence-electron chi connectivity index (χ4n) is 7.64. The molecule has 0 unspecified atom stereocenters. The number of likely N-dealkylation sites (N-methyl/N-ethyl adjacent to an activating group) is 1. The van der Waals surface area contributed by atoms with E-state index in [1.807, 2.05) is 42.0 Å². The number of epoxide rings is 1. The van der Waals surface area contributed by atoms with Gasteiger partial charge in [-0.1, -0.05) is 90.1 Å². The van der Waals surface area contributed by atoms with E-state index >= 15 is 0 Å². The maximum absolute atomic E-state index is 12.8. The van der Waals surface area contributed by atoms with E-state index in [0.717, 1.165) is 73.9 Å². The van der Waals surface area contributed by atoms with Gasteiger partial charge in [-0.3, -0.25) is 33.8 Å². The first-order valence-corrected chi connectivity index (χ1v) is 27.0. The molecule has 4 rings (SSSR count). The number of carbonyl (C=O) groups excluding carboxylic acids is 5. The van der Waals surface area contributed by atoms with Gasteiger partial charge in [0.25, 0.3) is 5.91 Å². The van der Waals surface area contributed by atoms with E-state index in [4.69, 9.17) is 18.9 Å². The maximum atomic E-state index is 12.8. The third kappa shape index (κ3) is 24.1. The summed E-state index contributed by atoms with van der Waals surface area (Å²) in [6.07, 6.45) is 12.0. The van der Waals surface area contributed by atoms with E-state index in [0.29, 0.717) is 96.1 Å². The molecule has 2 aliphatic heterocycles. The molecule has 0 saturated carbocycles. The highest BCUT2D eigenvalue weighted by molar-refractivity contribution is 8.77. The number of imide groups is 1. The van der Waals surface area contributed by atoms with Crippen LogP contribution in [0, 0.1) is 5.92 Å². The average molecular weight is 995 g/mol. The van der Waals surface area contributed by atoms with Crippen LogP contribution in [0.1, 0.15) is 89.0 Å². The maximum Gasteiger partial charge on any atom is 0.252 e. The second-order valence-electron chi connectivity index (χ2n) is 17.4. The van der Waals surface area contributed by atoms with Gasteiger partial charge in [0.15, 0.2) is 0 Å². The van der Waals surface area contributed by atoms with Gasteiger partial charge >= 0.3 is 0 Å². The predicted molar refractivity (Wildman–Crippen MR) is 275 cm³/mol. The number of hydrogen-bond acceptors (Lipinski definition) is 13. The summed E-state index contributed by atoms with van der Waals surface area (Å²) in [5.74, 6) is -0.260. The molecule has 15 nitrogen and oxygen atoms in total. The van der Waals surface area contributed by atoms with Gasteiger partial charge in [0.2, 0.25) is 24.1 Å². The number of carbonyl (C=O) groups is 5. The number of allylic oxidation sites excluding steroid dienone is 2. The molecule has 0 spiro atoms. The van der Waals surface area contributed by atoms with Crippen LogP contribution in [0.3, 0.4) is 0 Å². The van der Waals surface area contributed by atoms with Crippen molar-refractivity contribution in [3.8, 4) is 0 Å². The predicted octanol–water partition coefficient (Wildman–Crippen LogP) is 6.13. The minimum absolute atomic E-state index is 0.00539. The topological polar surface area (TPSA) is 171 Å². The van der Waals surface area contributed by atoms with Crippen molar-refractivity contribution in [3.05, 3.63) is 89.5 Å². The molecule has 2 saturated heterocycles. The van der Waals surface area contributed by atoms with E-state index < -0.39 is 5.91 Å². The highest BCUT2D eigenvalue weighted by Gasteiger charge is 2.43. The summed E-state index contributed by atoms with van der Waals surface area (Å²) in [5.41, 5.74) is 3.64. The lowest BCUT2D eigenvalue weighted by Crippen LogP contribution is -2.46. The number of amides is 5. The zero-order valence-corrected chi connectivity index (χ0v) is 43.0. The molecule has 2 aliphatic rings. The van der Waals surface area contributed by atoms with Crippen molar-refractivity contribution in [1.82, 2.24) is 30.7 Å². The Balaban J connectivity index is 0.958. The Hall–Kier alpha value is -4.07. The van der Waals surface area contributed by atoms with Crippen LogP contribution < -0.4 is 16.0 Å². The molecule has 2 aromatic rings. The average Bonchev–Trinajstić information content (AvgIpc) is 4.16. The van der Waals surface area contributed by atoms with Crippen molar-refractivity contribution in [3.63, 3.8) is 0 Å². The molecule has 0 aliphatic carbocycles. The minimum Gasteiger partial charge on any atom is -0.379 e. The van der Waals surface area contributed by atoms with Gasteiger partial charge in [-0.2, -0.15) is 0 Å². The Kier molecular flexibility index (Phi) is 28.6. The molecule has 2 aromatic carbocycles. The van der Waals surface area contributed by atoms with Crippen molar-refractivity contribution in [2.75, 3.05) is 98.5 Å². The van der Waals surface area contributed by atoms with Crippen LogP contribution in [0.15, 0.2) is 77.7 Å². The van der Waals surface area contributed by atoms with Crippen LogP contribution >= 0.6 is 21.6 Å². The van der Waals surface area contributed by atoms with Gasteiger partial charge < -0.3 is 39.8 Å². The largest absolute Gasteiger partial charge is 0.379 e. The van der Waals surface area contributed by atoms with Crippen molar-refractivity contribution < 1.29 is 42.9 Å². The van der Waals surface area contributed by atoms with Gasteiger partial charge in [0, 0.05) is 88.7 Å². The molecule has 2 heterocycles. The lowest BCUT2D eigenvalue weighted by molar-refractivity contribution is -0.135. The molecule has 4 atom stereocenters. The summed E-state index contributed by atoms with van der Waals surface area (Å²) in [6, 6.07) is 17.2. The molecule has 0 radical (unpaired) electrons. The summed E-state index contributed by atoms with van der Waals surface area (Å²) < 4.78 is 22.8. The third-order valence-electron chi connectivity index (χ3n) is 11.8. The summed E-state index contributed by atoms with van der Waals surface area (Å²) >= 11 is 0. The Morgan fingerprint density at radius 3 is 2.14 bits per heavy atom. The summed E-state index contributed by atoms with van der Waals surface area (Å²) in [5, 5.41) is 9.05. The zero-order chi connectivity index (χ0) is 49.5. The Bertz CT molecular complexity index is 1880. The van der Waals surface area contributed by atoms with Crippen LogP contribution in [0.25, 0.3) is 0 Å². The third-order valence-corrected chi connectivity index (χ3v) is 14.8. The summed E-state index contributed by atoms with van der Waals surface area (Å²) in [7, 11) is 3.65. The summed E-state index contributed by atoms with van der Waals surface area (Å²) in [4.78, 5) is 66.4. The minimum atomic E-state index is -0.446. The SMILES string of the molecule is C/C=C\C(=O)N(C=O)CCC(=O)NCCCOCCOCCOCCCNC(=O)Cc1ccccc1SS[C@@H](C)CCN1CCN(Cc2ccc([C@H]3O[C@@H]3[C@@H](C)CC/C=C/C(=O)NCC)cc2)CC1. The van der Waals surface area contributed by atoms with E-state index in [2.05, 4.69) is 69.9 Å². The van der Waals surface area contributed by atoms with Crippen LogP contribution in [-0.2, 0) is 55.9 Å². The van der Waals surface area contributed by atoms with E-state index in [9.17, 15) is 24.0 Å². The number of nitrogens with one attached hydrogen (secondary N) is 3. The van der Waals surface area contributed by atoms with E-state index in [1.165, 1.54) is 17.2 Å². The fourth-order valence-corrected chi connectivity index (χ4v) is 10.1. The number of hydrogen-bond donors (Lipinski definition) is 3. The number of benzene rings is 2. The van der Waals surface area contributed by atoms with Crippen LogP contribution in [-0.4, -0.2) is 155 Å². The Labute approximate surface area is 419 Å². The van der Waals surface area contributed by atoms with Gasteiger partial charge in [-0.25, -0.2) is 0 Å². The number of rotatable bonds is 36. The molecule has 0 bridgehead atoms. The fraction of sp³-hybridized carbons (Fsp3) is 0.596. The van der Waals surface area contributed by atoms with E-state index in [1.54, 1.807) is 29.9 Å². The normalized spacial score (nSPS) is 17.2. The smallest absolute Gasteiger partial charge is 0.252 e. The molecular formula is C52H78N6O9S2. The molecule has 2 fully saturated rings. The van der Waals surface area contributed by atoms with Crippen LogP contribution in [0.4, 0.5) is 0 Å². The standard InChI is InChI=1S/C52H78N6O9S2/c1-5-13-50(63)58(40-59)27-23-48(61)54-24-11-32-64-34-36-66-37-35-65-33-12-25-55-49(62)38-45-15-8-9-16-46(45)69-68-42(4)22-26-56-28-30-57(31-29-56)39-43-18-20-44(21-19-43)52-51(67-52)41(3)14-7-10-17-47(60)53-6-2/h5,8-10,13,15-21,40-42,51-52H,6-7,11-12,14,22-39H2,1-4H3,(H,53,60)(H,54,61)(H,55,62)/b13-5-,17-10+/t41-,42-,51+,52+/m0/s1. The van der Waals surface area contributed by atoms with E-state index in [-0.39, 0.29) is 42.9 Å². The first-order chi connectivity index (χ1) is 33.6. The molecule has 17 heteroatoms.